The summed E-state index contributed by atoms with van der Waals surface area (Å²) in [5.74, 6) is -0.254. The van der Waals surface area contributed by atoms with Crippen molar-refractivity contribution in [3.63, 3.8) is 0 Å². The highest BCUT2D eigenvalue weighted by Gasteiger charge is 2.25. The number of carbonyl (C=O) groups is 1. The predicted octanol–water partition coefficient (Wildman–Crippen LogP) is 0.866. The molecule has 0 fully saturated rings. The lowest BCUT2D eigenvalue weighted by Gasteiger charge is -2.05. The maximum Gasteiger partial charge on any atom is 0.333 e. The van der Waals surface area contributed by atoms with Crippen LogP contribution < -0.4 is 5.32 Å². The van der Waals surface area contributed by atoms with E-state index < -0.39 is 10.9 Å². The van der Waals surface area contributed by atoms with Gasteiger partial charge in [0.05, 0.1) is 11.5 Å². The molecule has 1 aromatic heterocycles. The van der Waals surface area contributed by atoms with Crippen molar-refractivity contribution in [2.75, 3.05) is 18.5 Å². The van der Waals surface area contributed by atoms with Crippen LogP contribution in [0.3, 0.4) is 0 Å². The number of nitro groups is 1. The first-order chi connectivity index (χ1) is 8.51. The minimum absolute atomic E-state index is 0.0932. The number of hydrogen-bond donors (Lipinski definition) is 1. The zero-order chi connectivity index (χ0) is 13.7. The standard InChI is InChI=1S/C10H16N4O4/c1-4-7-9(14(16)17)10(13(3)12-7)11-6-8(15)18-5-2/h11H,4-6H2,1-3H3. The number of carbonyl (C=O) groups excluding carboxylic acids is 1. The van der Waals surface area contributed by atoms with Gasteiger partial charge in [-0.05, 0) is 13.3 Å². The van der Waals surface area contributed by atoms with Crippen molar-refractivity contribution >= 4 is 17.5 Å². The largest absolute Gasteiger partial charge is 0.465 e. The Bertz CT molecular complexity index is 455. The molecule has 1 rings (SSSR count). The third kappa shape index (κ3) is 2.96. The summed E-state index contributed by atoms with van der Waals surface area (Å²) in [7, 11) is 1.58. The number of aromatic nitrogens is 2. The summed E-state index contributed by atoms with van der Waals surface area (Å²) in [6, 6.07) is 0. The normalized spacial score (nSPS) is 10.2. The summed E-state index contributed by atoms with van der Waals surface area (Å²) in [5.41, 5.74) is 0.290. The zero-order valence-corrected chi connectivity index (χ0v) is 10.6. The molecule has 0 radical (unpaired) electrons. The molecule has 1 N–H and O–H groups in total. The van der Waals surface area contributed by atoms with Crippen LogP contribution in [0, 0.1) is 10.1 Å². The van der Waals surface area contributed by atoms with Crippen LogP contribution in [0.15, 0.2) is 0 Å². The van der Waals surface area contributed by atoms with Gasteiger partial charge in [0.25, 0.3) is 0 Å². The average molecular weight is 256 g/mol. The third-order valence-electron chi connectivity index (χ3n) is 2.31. The smallest absolute Gasteiger partial charge is 0.333 e. The Morgan fingerprint density at radius 3 is 2.72 bits per heavy atom. The van der Waals surface area contributed by atoms with Crippen LogP contribution in [-0.4, -0.2) is 33.8 Å². The second-order valence-corrected chi connectivity index (χ2v) is 3.54. The van der Waals surface area contributed by atoms with Gasteiger partial charge in [-0.1, -0.05) is 6.92 Å². The van der Waals surface area contributed by atoms with Crippen LogP contribution in [0.4, 0.5) is 11.5 Å². The Hall–Kier alpha value is -2.12. The Morgan fingerprint density at radius 2 is 2.22 bits per heavy atom. The van der Waals surface area contributed by atoms with Crippen LogP contribution in [0.2, 0.25) is 0 Å². The number of rotatable bonds is 6. The van der Waals surface area contributed by atoms with Gasteiger partial charge in [-0.2, -0.15) is 5.10 Å². The van der Waals surface area contributed by atoms with E-state index in [9.17, 15) is 14.9 Å². The van der Waals surface area contributed by atoms with Crippen LogP contribution in [-0.2, 0) is 23.0 Å². The maximum absolute atomic E-state index is 11.2. The predicted molar refractivity (Wildman–Crippen MR) is 64.4 cm³/mol. The van der Waals surface area contributed by atoms with Gasteiger partial charge in [0.2, 0.25) is 5.82 Å². The highest BCUT2D eigenvalue weighted by atomic mass is 16.6. The molecule has 0 aromatic carbocycles. The van der Waals surface area contributed by atoms with Crippen molar-refractivity contribution in [2.24, 2.45) is 7.05 Å². The molecule has 0 saturated carbocycles. The number of aryl methyl sites for hydroxylation is 2. The molecule has 0 aliphatic rings. The summed E-state index contributed by atoms with van der Waals surface area (Å²) in [4.78, 5) is 21.7. The number of nitrogens with one attached hydrogen (secondary N) is 1. The molecule has 0 aliphatic carbocycles. The van der Waals surface area contributed by atoms with Gasteiger partial charge in [0.15, 0.2) is 0 Å². The fourth-order valence-corrected chi connectivity index (χ4v) is 1.56. The second-order valence-electron chi connectivity index (χ2n) is 3.54. The highest BCUT2D eigenvalue weighted by Crippen LogP contribution is 2.28. The van der Waals surface area contributed by atoms with Crippen LogP contribution >= 0.6 is 0 Å². The molecule has 0 spiro atoms. The molecule has 1 heterocycles. The van der Waals surface area contributed by atoms with Crippen molar-refractivity contribution in [1.29, 1.82) is 0 Å². The first-order valence-electron chi connectivity index (χ1n) is 5.60. The van der Waals surface area contributed by atoms with Crippen molar-refractivity contribution in [3.05, 3.63) is 15.8 Å². The fourth-order valence-electron chi connectivity index (χ4n) is 1.56. The Balaban J connectivity index is 2.90. The lowest BCUT2D eigenvalue weighted by Crippen LogP contribution is -2.18. The summed E-state index contributed by atoms with van der Waals surface area (Å²) < 4.78 is 6.09. The van der Waals surface area contributed by atoms with Gasteiger partial charge >= 0.3 is 11.7 Å². The number of ether oxygens (including phenoxy) is 1. The van der Waals surface area contributed by atoms with Gasteiger partial charge in [-0.25, -0.2) is 4.68 Å². The molecule has 0 saturated heterocycles. The Kier molecular flexibility index (Phi) is 4.64. The van der Waals surface area contributed by atoms with Crippen molar-refractivity contribution < 1.29 is 14.5 Å². The van der Waals surface area contributed by atoms with E-state index in [1.165, 1.54) is 4.68 Å². The van der Waals surface area contributed by atoms with Crippen molar-refractivity contribution in [2.45, 2.75) is 20.3 Å². The SMILES string of the molecule is CCOC(=O)CNc1c([N+](=O)[O-])c(CC)nn1C. The molecule has 0 atom stereocenters. The Morgan fingerprint density at radius 1 is 1.56 bits per heavy atom. The summed E-state index contributed by atoms with van der Waals surface area (Å²) >= 11 is 0. The summed E-state index contributed by atoms with van der Waals surface area (Å²) in [6.07, 6.45) is 0.450. The quantitative estimate of drug-likeness (QED) is 0.460. The molecule has 0 unspecified atom stereocenters. The van der Waals surface area contributed by atoms with Gasteiger partial charge in [-0.3, -0.25) is 14.9 Å². The van der Waals surface area contributed by atoms with Gasteiger partial charge in [0, 0.05) is 7.05 Å². The third-order valence-corrected chi connectivity index (χ3v) is 2.31. The molecule has 0 amide bonds. The van der Waals surface area contributed by atoms with E-state index in [4.69, 9.17) is 4.74 Å². The molecule has 8 heteroatoms. The minimum atomic E-state index is -0.501. The number of esters is 1. The van der Waals surface area contributed by atoms with E-state index in [0.717, 1.165) is 0 Å². The Labute approximate surface area is 104 Å². The molecule has 100 valence electrons. The highest BCUT2D eigenvalue weighted by molar-refractivity contribution is 5.76. The van der Waals surface area contributed by atoms with E-state index in [1.54, 1.807) is 20.9 Å². The van der Waals surface area contributed by atoms with E-state index in [-0.39, 0.29) is 24.7 Å². The summed E-state index contributed by atoms with van der Waals surface area (Å²) in [5, 5.41) is 17.7. The molecule has 1 aromatic rings. The summed E-state index contributed by atoms with van der Waals surface area (Å²) in [6.45, 7) is 3.62. The first-order valence-corrected chi connectivity index (χ1v) is 5.60. The van der Waals surface area contributed by atoms with E-state index >= 15 is 0 Å². The van der Waals surface area contributed by atoms with Crippen molar-refractivity contribution in [1.82, 2.24) is 9.78 Å². The van der Waals surface area contributed by atoms with E-state index in [2.05, 4.69) is 10.4 Å². The van der Waals surface area contributed by atoms with Gasteiger partial charge in [-0.15, -0.1) is 0 Å². The molecule has 0 bridgehead atoms. The van der Waals surface area contributed by atoms with E-state index in [1.807, 2.05) is 0 Å². The second kappa shape index (κ2) is 5.99. The zero-order valence-electron chi connectivity index (χ0n) is 10.6. The van der Waals surface area contributed by atoms with Crippen LogP contribution in [0.1, 0.15) is 19.5 Å². The molecule has 0 aliphatic heterocycles. The molecule has 18 heavy (non-hydrogen) atoms. The van der Waals surface area contributed by atoms with Crippen molar-refractivity contribution in [3.8, 4) is 0 Å². The monoisotopic (exact) mass is 256 g/mol. The number of nitrogens with zero attached hydrogens (tertiary/aromatic N) is 3. The first kappa shape index (κ1) is 13.9. The lowest BCUT2D eigenvalue weighted by atomic mass is 10.3. The van der Waals surface area contributed by atoms with Crippen LogP contribution in [0.25, 0.3) is 0 Å². The van der Waals surface area contributed by atoms with Gasteiger partial charge < -0.3 is 10.1 Å². The maximum atomic E-state index is 11.2. The minimum Gasteiger partial charge on any atom is -0.465 e. The van der Waals surface area contributed by atoms with Gasteiger partial charge in [0.1, 0.15) is 12.2 Å². The number of hydrogen-bond acceptors (Lipinski definition) is 6. The molecular formula is C10H16N4O4. The molecule has 8 nitrogen and oxygen atoms in total. The topological polar surface area (TPSA) is 99.3 Å². The fraction of sp³-hybridized carbons (Fsp3) is 0.600. The van der Waals surface area contributed by atoms with Crippen LogP contribution in [0.5, 0.6) is 0 Å². The lowest BCUT2D eigenvalue weighted by molar-refractivity contribution is -0.384. The van der Waals surface area contributed by atoms with E-state index in [0.29, 0.717) is 12.1 Å². The number of anilines is 1. The average Bonchev–Trinajstić information content (AvgIpc) is 2.63. The molecular weight excluding hydrogens is 240 g/mol.